The molecule has 144 valence electrons. The molecule has 0 radical (unpaired) electrons. The normalized spacial score (nSPS) is 13.3. The first-order valence-electron chi connectivity index (χ1n) is 9.03. The number of nitrogens with one attached hydrogen (secondary N) is 2. The van der Waals surface area contributed by atoms with Gasteiger partial charge in [-0.1, -0.05) is 6.07 Å². The quantitative estimate of drug-likeness (QED) is 0.716. The molecular weight excluding hydrogens is 362 g/mol. The molecule has 1 aliphatic rings. The highest BCUT2D eigenvalue weighted by Crippen LogP contribution is 2.27. The summed E-state index contributed by atoms with van der Waals surface area (Å²) in [6, 6.07) is 7.56. The smallest absolute Gasteiger partial charge is 0.254 e. The molecule has 6 nitrogen and oxygen atoms in total. The van der Waals surface area contributed by atoms with Crippen LogP contribution in [0.3, 0.4) is 0 Å². The SMILES string of the molecule is COCCNCC(=O)Nc1cccc(C(=O)N2CCc3sccc3C2)c1C. The minimum absolute atomic E-state index is 0.0127. The van der Waals surface area contributed by atoms with E-state index in [2.05, 4.69) is 22.1 Å². The molecule has 2 amide bonds. The molecule has 0 spiro atoms. The Kier molecular flexibility index (Phi) is 6.60. The van der Waals surface area contributed by atoms with Crippen molar-refractivity contribution in [3.8, 4) is 0 Å². The van der Waals surface area contributed by atoms with Crippen molar-refractivity contribution in [1.29, 1.82) is 0 Å². The topological polar surface area (TPSA) is 70.7 Å². The zero-order chi connectivity index (χ0) is 19.2. The fourth-order valence-electron chi connectivity index (χ4n) is 3.17. The Labute approximate surface area is 163 Å². The fraction of sp³-hybridized carbons (Fsp3) is 0.400. The van der Waals surface area contributed by atoms with Crippen LogP contribution in [-0.2, 0) is 22.5 Å². The number of nitrogens with zero attached hydrogens (tertiary/aromatic N) is 1. The van der Waals surface area contributed by atoms with E-state index in [1.165, 1.54) is 10.4 Å². The van der Waals surface area contributed by atoms with Crippen molar-refractivity contribution in [2.75, 3.05) is 38.7 Å². The molecule has 0 saturated heterocycles. The first-order chi connectivity index (χ1) is 13.1. The summed E-state index contributed by atoms with van der Waals surface area (Å²) in [5.41, 5.74) is 3.35. The molecule has 0 saturated carbocycles. The van der Waals surface area contributed by atoms with Gasteiger partial charge in [-0.3, -0.25) is 9.59 Å². The van der Waals surface area contributed by atoms with Crippen LogP contribution in [-0.4, -0.2) is 50.1 Å². The van der Waals surface area contributed by atoms with Crippen LogP contribution in [0, 0.1) is 6.92 Å². The number of anilines is 1. The summed E-state index contributed by atoms with van der Waals surface area (Å²) < 4.78 is 4.94. The second kappa shape index (κ2) is 9.12. The van der Waals surface area contributed by atoms with Crippen LogP contribution in [0.4, 0.5) is 5.69 Å². The van der Waals surface area contributed by atoms with E-state index in [4.69, 9.17) is 4.74 Å². The molecule has 7 heteroatoms. The predicted octanol–water partition coefficient (Wildman–Crippen LogP) is 2.43. The maximum Gasteiger partial charge on any atom is 0.254 e. The molecule has 2 N–H and O–H groups in total. The van der Waals surface area contributed by atoms with Gasteiger partial charge >= 0.3 is 0 Å². The van der Waals surface area contributed by atoms with E-state index >= 15 is 0 Å². The number of ether oxygens (including phenoxy) is 1. The van der Waals surface area contributed by atoms with Crippen LogP contribution < -0.4 is 10.6 Å². The summed E-state index contributed by atoms with van der Waals surface area (Å²) in [5, 5.41) is 7.98. The largest absolute Gasteiger partial charge is 0.383 e. The molecule has 1 aromatic heterocycles. The van der Waals surface area contributed by atoms with Gasteiger partial charge in [-0.25, -0.2) is 0 Å². The molecule has 0 atom stereocenters. The molecular formula is C20H25N3O3S. The first kappa shape index (κ1) is 19.5. The molecule has 2 heterocycles. The third-order valence-electron chi connectivity index (χ3n) is 4.70. The van der Waals surface area contributed by atoms with Gasteiger partial charge < -0.3 is 20.3 Å². The molecule has 0 aliphatic carbocycles. The summed E-state index contributed by atoms with van der Waals surface area (Å²) >= 11 is 1.76. The van der Waals surface area contributed by atoms with Crippen molar-refractivity contribution in [2.45, 2.75) is 19.9 Å². The molecule has 1 aliphatic heterocycles. The lowest BCUT2D eigenvalue weighted by molar-refractivity contribution is -0.115. The Bertz CT molecular complexity index is 819. The Morgan fingerprint density at radius 3 is 2.96 bits per heavy atom. The molecule has 0 unspecified atom stereocenters. The molecule has 1 aromatic carbocycles. The lowest BCUT2D eigenvalue weighted by Gasteiger charge is -2.28. The third kappa shape index (κ3) is 4.74. The van der Waals surface area contributed by atoms with Crippen molar-refractivity contribution >= 4 is 28.8 Å². The summed E-state index contributed by atoms with van der Waals surface area (Å²) in [6.07, 6.45) is 0.904. The van der Waals surface area contributed by atoms with Gasteiger partial charge in [0.1, 0.15) is 0 Å². The second-order valence-electron chi connectivity index (χ2n) is 6.54. The van der Waals surface area contributed by atoms with Crippen LogP contribution in [0.25, 0.3) is 0 Å². The van der Waals surface area contributed by atoms with Crippen molar-refractivity contribution in [3.05, 3.63) is 51.2 Å². The summed E-state index contributed by atoms with van der Waals surface area (Å²) in [6.45, 7) is 4.62. The lowest BCUT2D eigenvalue weighted by atomic mass is 10.0. The summed E-state index contributed by atoms with van der Waals surface area (Å²) in [4.78, 5) is 28.4. The van der Waals surface area contributed by atoms with Crippen LogP contribution >= 0.6 is 11.3 Å². The van der Waals surface area contributed by atoms with Crippen molar-refractivity contribution in [2.24, 2.45) is 0 Å². The van der Waals surface area contributed by atoms with Crippen molar-refractivity contribution in [1.82, 2.24) is 10.2 Å². The number of thiophene rings is 1. The number of carbonyl (C=O) groups is 2. The van der Waals surface area contributed by atoms with Gasteiger partial charge in [-0.15, -0.1) is 11.3 Å². The minimum atomic E-state index is -0.139. The van der Waals surface area contributed by atoms with E-state index in [1.807, 2.05) is 30.0 Å². The van der Waals surface area contributed by atoms with Crippen LogP contribution in [0.5, 0.6) is 0 Å². The second-order valence-corrected chi connectivity index (χ2v) is 7.54. The average molecular weight is 388 g/mol. The maximum absolute atomic E-state index is 13.0. The minimum Gasteiger partial charge on any atom is -0.383 e. The Hall–Kier alpha value is -2.22. The van der Waals surface area contributed by atoms with Gasteiger partial charge in [0.05, 0.1) is 13.2 Å². The zero-order valence-electron chi connectivity index (χ0n) is 15.7. The van der Waals surface area contributed by atoms with E-state index in [-0.39, 0.29) is 18.4 Å². The molecule has 0 fully saturated rings. The molecule has 3 rings (SSSR count). The zero-order valence-corrected chi connectivity index (χ0v) is 16.5. The maximum atomic E-state index is 13.0. The highest BCUT2D eigenvalue weighted by molar-refractivity contribution is 7.10. The number of hydrogen-bond acceptors (Lipinski definition) is 5. The standard InChI is InChI=1S/C20H25N3O3S/c1-14-16(20(25)23-9-6-18-15(13-23)7-11-27-18)4-3-5-17(14)22-19(24)12-21-8-10-26-2/h3-5,7,11,21H,6,8-10,12-13H2,1-2H3,(H,22,24). The van der Waals surface area contributed by atoms with Gasteiger partial charge in [0.15, 0.2) is 0 Å². The van der Waals surface area contributed by atoms with Crippen molar-refractivity contribution < 1.29 is 14.3 Å². The van der Waals surface area contributed by atoms with Gasteiger partial charge in [0, 0.05) is 42.9 Å². The summed E-state index contributed by atoms with van der Waals surface area (Å²) in [7, 11) is 1.62. The van der Waals surface area contributed by atoms with Crippen molar-refractivity contribution in [3.63, 3.8) is 0 Å². The summed E-state index contributed by atoms with van der Waals surface area (Å²) in [5.74, 6) is -0.127. The number of methoxy groups -OCH3 is 1. The van der Waals surface area contributed by atoms with Crippen LogP contribution in [0.2, 0.25) is 0 Å². The average Bonchev–Trinajstić information content (AvgIpc) is 3.14. The highest BCUT2D eigenvalue weighted by atomic mass is 32.1. The van der Waals surface area contributed by atoms with E-state index in [1.54, 1.807) is 18.4 Å². The van der Waals surface area contributed by atoms with E-state index in [0.29, 0.717) is 30.9 Å². The van der Waals surface area contributed by atoms with Gasteiger partial charge in [0.25, 0.3) is 5.91 Å². The first-order valence-corrected chi connectivity index (χ1v) is 9.91. The van der Waals surface area contributed by atoms with E-state index < -0.39 is 0 Å². The molecule has 2 aromatic rings. The van der Waals surface area contributed by atoms with E-state index in [0.717, 1.165) is 18.5 Å². The van der Waals surface area contributed by atoms with Gasteiger partial charge in [-0.2, -0.15) is 0 Å². The van der Waals surface area contributed by atoms with Crippen LogP contribution in [0.15, 0.2) is 29.6 Å². The number of fused-ring (bicyclic) bond motifs is 1. The Balaban J connectivity index is 1.66. The number of carbonyl (C=O) groups excluding carboxylic acids is 2. The van der Waals surface area contributed by atoms with Gasteiger partial charge in [-0.05, 0) is 48.1 Å². The number of amides is 2. The van der Waals surface area contributed by atoms with Crippen LogP contribution in [0.1, 0.15) is 26.4 Å². The predicted molar refractivity (Wildman–Crippen MR) is 107 cm³/mol. The van der Waals surface area contributed by atoms with Gasteiger partial charge in [0.2, 0.25) is 5.91 Å². The molecule has 0 bridgehead atoms. The highest BCUT2D eigenvalue weighted by Gasteiger charge is 2.24. The molecule has 27 heavy (non-hydrogen) atoms. The monoisotopic (exact) mass is 387 g/mol. The number of rotatable bonds is 7. The third-order valence-corrected chi connectivity index (χ3v) is 5.72. The van der Waals surface area contributed by atoms with E-state index in [9.17, 15) is 9.59 Å². The number of hydrogen-bond donors (Lipinski definition) is 2. The Morgan fingerprint density at radius 2 is 2.15 bits per heavy atom. The Morgan fingerprint density at radius 1 is 1.30 bits per heavy atom. The number of benzene rings is 1. The lowest BCUT2D eigenvalue weighted by Crippen LogP contribution is -2.36. The fourth-order valence-corrected chi connectivity index (χ4v) is 4.06.